The molecule has 1 aromatic carbocycles. The van der Waals surface area contributed by atoms with E-state index >= 15 is 0 Å². The first kappa shape index (κ1) is 25.2. The van der Waals surface area contributed by atoms with Crippen LogP contribution in [0.2, 0.25) is 0 Å². The van der Waals surface area contributed by atoms with Crippen molar-refractivity contribution < 1.29 is 31.5 Å². The summed E-state index contributed by atoms with van der Waals surface area (Å²) >= 11 is 0. The lowest BCUT2D eigenvalue weighted by Gasteiger charge is -2.32. The van der Waals surface area contributed by atoms with Gasteiger partial charge in [0.25, 0.3) is 5.91 Å². The number of imidazole rings is 1. The van der Waals surface area contributed by atoms with E-state index in [-0.39, 0.29) is 16.5 Å². The number of amides is 1. The predicted molar refractivity (Wildman–Crippen MR) is 114 cm³/mol. The number of aliphatic hydroxyl groups is 1. The van der Waals surface area contributed by atoms with Crippen molar-refractivity contribution in [2.45, 2.75) is 55.3 Å². The van der Waals surface area contributed by atoms with Crippen molar-refractivity contribution in [3.8, 4) is 0 Å². The van der Waals surface area contributed by atoms with Gasteiger partial charge >= 0.3 is 6.18 Å². The quantitative estimate of drug-likeness (QED) is 0.623. The van der Waals surface area contributed by atoms with Gasteiger partial charge in [-0.3, -0.25) is 4.79 Å². The summed E-state index contributed by atoms with van der Waals surface area (Å²) in [6.07, 6.45) is -0.884. The molecule has 2 heterocycles. The standard InChI is InChI=1S/C21H27F3N4O4S/c1-15-5-3-4-13-28(15)33(31,32)17-8-6-16(7-9-17)18(29)25-11-10-20(30,21(22,23)24)19-26-12-14-27(19)2/h6-9,12,14-15,30H,3-5,10-11,13H2,1-2H3,(H,25,29)/t15-,20+/m1/s1. The van der Waals surface area contributed by atoms with Crippen molar-refractivity contribution in [1.82, 2.24) is 19.2 Å². The Labute approximate surface area is 190 Å². The van der Waals surface area contributed by atoms with Gasteiger partial charge in [-0.1, -0.05) is 6.42 Å². The van der Waals surface area contributed by atoms with Gasteiger partial charge in [0.1, 0.15) is 5.82 Å². The maximum absolute atomic E-state index is 13.6. The molecule has 1 aromatic heterocycles. The molecule has 0 radical (unpaired) electrons. The van der Waals surface area contributed by atoms with E-state index in [1.807, 2.05) is 6.92 Å². The van der Waals surface area contributed by atoms with Gasteiger partial charge in [0.05, 0.1) is 4.90 Å². The molecule has 182 valence electrons. The fourth-order valence-electron chi connectivity index (χ4n) is 3.95. The lowest BCUT2D eigenvalue weighted by atomic mass is 9.97. The average molecular weight is 489 g/mol. The minimum atomic E-state index is -5.00. The lowest BCUT2D eigenvalue weighted by Crippen LogP contribution is -2.46. The molecule has 2 N–H and O–H groups in total. The van der Waals surface area contributed by atoms with Crippen LogP contribution >= 0.6 is 0 Å². The number of rotatable bonds is 7. The largest absolute Gasteiger partial charge is 0.424 e. The smallest absolute Gasteiger partial charge is 0.374 e. The molecule has 0 bridgehead atoms. The molecule has 12 heteroatoms. The summed E-state index contributed by atoms with van der Waals surface area (Å²) < 4.78 is 68.9. The van der Waals surface area contributed by atoms with Gasteiger partial charge in [-0.25, -0.2) is 13.4 Å². The monoisotopic (exact) mass is 488 g/mol. The van der Waals surface area contributed by atoms with Crippen molar-refractivity contribution in [1.29, 1.82) is 0 Å². The Balaban J connectivity index is 1.67. The highest BCUT2D eigenvalue weighted by Crippen LogP contribution is 2.40. The molecule has 0 spiro atoms. The number of sulfonamides is 1. The van der Waals surface area contributed by atoms with Gasteiger partial charge in [-0.05, 0) is 44.0 Å². The van der Waals surface area contributed by atoms with Crippen molar-refractivity contribution in [2.24, 2.45) is 7.05 Å². The molecule has 0 aliphatic carbocycles. The van der Waals surface area contributed by atoms with E-state index in [0.29, 0.717) is 6.54 Å². The van der Waals surface area contributed by atoms with Crippen molar-refractivity contribution in [3.63, 3.8) is 0 Å². The lowest BCUT2D eigenvalue weighted by molar-refractivity contribution is -0.272. The normalized spacial score (nSPS) is 19.8. The second-order valence-corrected chi connectivity index (χ2v) is 10.1. The molecule has 1 fully saturated rings. The molecule has 1 saturated heterocycles. The number of hydrogen-bond acceptors (Lipinski definition) is 5. The van der Waals surface area contributed by atoms with Gasteiger partial charge in [0.2, 0.25) is 15.6 Å². The van der Waals surface area contributed by atoms with E-state index in [2.05, 4.69) is 10.3 Å². The minimum Gasteiger partial charge on any atom is -0.374 e. The first-order valence-corrected chi connectivity index (χ1v) is 12.0. The molecule has 3 rings (SSSR count). The van der Waals surface area contributed by atoms with Crippen LogP contribution in [0.25, 0.3) is 0 Å². The van der Waals surface area contributed by atoms with E-state index in [0.717, 1.165) is 30.0 Å². The van der Waals surface area contributed by atoms with E-state index in [4.69, 9.17) is 0 Å². The van der Waals surface area contributed by atoms with Crippen molar-refractivity contribution >= 4 is 15.9 Å². The van der Waals surface area contributed by atoms with E-state index in [1.165, 1.54) is 41.8 Å². The second-order valence-electron chi connectivity index (χ2n) is 8.21. The summed E-state index contributed by atoms with van der Waals surface area (Å²) in [6.45, 7) is 1.81. The first-order valence-electron chi connectivity index (χ1n) is 10.5. The molecule has 33 heavy (non-hydrogen) atoms. The SMILES string of the molecule is C[C@@H]1CCCCN1S(=O)(=O)c1ccc(C(=O)NCC[C@](O)(c2nccn2C)C(F)(F)F)cc1. The molecular formula is C21H27F3N4O4S. The molecule has 0 saturated carbocycles. The Morgan fingerprint density at radius 2 is 1.91 bits per heavy atom. The Hall–Kier alpha value is -2.44. The van der Waals surface area contributed by atoms with Crippen LogP contribution in [0.1, 0.15) is 48.8 Å². The van der Waals surface area contributed by atoms with Crippen LogP contribution in [0.4, 0.5) is 13.2 Å². The summed E-state index contributed by atoms with van der Waals surface area (Å²) in [7, 11) is -2.37. The van der Waals surface area contributed by atoms with Gasteiger partial charge in [-0.2, -0.15) is 17.5 Å². The van der Waals surface area contributed by atoms with Gasteiger partial charge in [-0.15, -0.1) is 0 Å². The molecule has 2 aromatic rings. The van der Waals surface area contributed by atoms with Gasteiger partial charge in [0, 0.05) is 50.6 Å². The van der Waals surface area contributed by atoms with E-state index in [9.17, 15) is 31.5 Å². The van der Waals surface area contributed by atoms with E-state index in [1.54, 1.807) is 0 Å². The number of carbonyl (C=O) groups is 1. The Kier molecular flexibility index (Phi) is 7.20. The first-order chi connectivity index (χ1) is 15.4. The molecule has 8 nitrogen and oxygen atoms in total. The van der Waals surface area contributed by atoms with Gasteiger partial charge in [0.15, 0.2) is 0 Å². The van der Waals surface area contributed by atoms with Crippen molar-refractivity contribution in [2.75, 3.05) is 13.1 Å². The topological polar surface area (TPSA) is 105 Å². The number of piperidine rings is 1. The van der Waals surface area contributed by atoms with Crippen LogP contribution in [-0.2, 0) is 22.7 Å². The number of halogens is 3. The number of nitrogens with one attached hydrogen (secondary N) is 1. The number of aromatic nitrogens is 2. The Morgan fingerprint density at radius 3 is 2.45 bits per heavy atom. The summed E-state index contributed by atoms with van der Waals surface area (Å²) in [5.41, 5.74) is -3.14. The maximum atomic E-state index is 13.6. The summed E-state index contributed by atoms with van der Waals surface area (Å²) in [4.78, 5) is 16.0. The summed E-state index contributed by atoms with van der Waals surface area (Å²) in [6, 6.07) is 5.13. The van der Waals surface area contributed by atoms with Crippen LogP contribution in [0.3, 0.4) is 0 Å². The fourth-order valence-corrected chi connectivity index (χ4v) is 5.65. The number of carbonyl (C=O) groups excluding carboxylic acids is 1. The molecule has 2 atom stereocenters. The van der Waals surface area contributed by atoms with Crippen LogP contribution in [0, 0.1) is 0 Å². The third-order valence-electron chi connectivity index (χ3n) is 5.90. The summed E-state index contributed by atoms with van der Waals surface area (Å²) in [5.74, 6) is -1.26. The number of hydrogen-bond donors (Lipinski definition) is 2. The summed E-state index contributed by atoms with van der Waals surface area (Å²) in [5, 5.41) is 12.7. The third-order valence-corrected chi connectivity index (χ3v) is 7.93. The molecule has 0 unspecified atom stereocenters. The fraction of sp³-hybridized carbons (Fsp3) is 0.524. The number of aryl methyl sites for hydroxylation is 1. The molecule has 1 amide bonds. The van der Waals surface area contributed by atoms with Crippen LogP contribution in [-0.4, -0.2) is 58.6 Å². The Bertz CT molecular complexity index is 1090. The minimum absolute atomic E-state index is 0.0500. The third kappa shape index (κ3) is 5.07. The number of benzene rings is 1. The van der Waals surface area contributed by atoms with E-state index < -0.39 is 46.5 Å². The average Bonchev–Trinajstić information content (AvgIpc) is 3.19. The highest BCUT2D eigenvalue weighted by molar-refractivity contribution is 7.89. The molecule has 1 aliphatic rings. The zero-order valence-corrected chi connectivity index (χ0v) is 19.2. The van der Waals surface area contributed by atoms with Crippen LogP contribution in [0.15, 0.2) is 41.6 Å². The second kappa shape index (κ2) is 9.43. The highest BCUT2D eigenvalue weighted by atomic mass is 32.2. The zero-order valence-electron chi connectivity index (χ0n) is 18.3. The van der Waals surface area contributed by atoms with Gasteiger partial charge < -0.3 is 15.0 Å². The molecular weight excluding hydrogens is 461 g/mol. The maximum Gasteiger partial charge on any atom is 0.424 e. The predicted octanol–water partition coefficient (Wildman–Crippen LogP) is 2.55. The van der Waals surface area contributed by atoms with Crippen LogP contribution < -0.4 is 5.32 Å². The molecule has 1 aliphatic heterocycles. The zero-order chi connectivity index (χ0) is 24.4. The van der Waals surface area contributed by atoms with Crippen LogP contribution in [0.5, 0.6) is 0 Å². The Morgan fingerprint density at radius 1 is 1.24 bits per heavy atom. The van der Waals surface area contributed by atoms with Crippen molar-refractivity contribution in [3.05, 3.63) is 48.0 Å². The number of nitrogens with zero attached hydrogens (tertiary/aromatic N) is 3. The highest BCUT2D eigenvalue weighted by Gasteiger charge is 2.57. The number of alkyl halides is 3.